The number of alkyl halides is 3. The Bertz CT molecular complexity index is 477. The molecule has 1 atom stereocenters. The number of anilines is 1. The molecule has 20 heavy (non-hydrogen) atoms. The minimum Gasteiger partial charge on any atom is -0.330 e. The van der Waals surface area contributed by atoms with Gasteiger partial charge in [-0.2, -0.15) is 13.2 Å². The lowest BCUT2D eigenvalue weighted by atomic mass is 10.0. The second-order valence-electron chi connectivity index (χ2n) is 4.51. The molecule has 0 aromatic heterocycles. The zero-order valence-corrected chi connectivity index (χ0v) is 11.7. The summed E-state index contributed by atoms with van der Waals surface area (Å²) >= 11 is 5.50. The lowest BCUT2D eigenvalue weighted by Gasteiger charge is -2.14. The lowest BCUT2D eigenvalue weighted by Crippen LogP contribution is -2.21. The Hall–Kier alpha value is -1.27. The third kappa shape index (κ3) is 4.68. The Labute approximate surface area is 120 Å². The maximum Gasteiger partial charge on any atom is 0.417 e. The van der Waals surface area contributed by atoms with Gasteiger partial charge in [0, 0.05) is 11.6 Å². The molecule has 0 heterocycles. The Kier molecular flexibility index (Phi) is 5.83. The van der Waals surface area contributed by atoms with Gasteiger partial charge in [0.2, 0.25) is 5.91 Å². The van der Waals surface area contributed by atoms with Crippen LogP contribution in [0.15, 0.2) is 18.2 Å². The Morgan fingerprint density at radius 3 is 2.65 bits per heavy atom. The van der Waals surface area contributed by atoms with Crippen molar-refractivity contribution in [1.82, 2.24) is 0 Å². The van der Waals surface area contributed by atoms with Gasteiger partial charge in [0.1, 0.15) is 0 Å². The van der Waals surface area contributed by atoms with E-state index in [0.717, 1.165) is 12.1 Å². The van der Waals surface area contributed by atoms with Crippen LogP contribution in [-0.2, 0) is 11.0 Å². The van der Waals surface area contributed by atoms with Gasteiger partial charge in [-0.05, 0) is 37.6 Å². The third-order valence-electron chi connectivity index (χ3n) is 2.83. The van der Waals surface area contributed by atoms with E-state index in [2.05, 4.69) is 5.32 Å². The van der Waals surface area contributed by atoms with E-state index in [0.29, 0.717) is 19.4 Å². The first-order valence-electron chi connectivity index (χ1n) is 6.13. The Morgan fingerprint density at radius 1 is 1.45 bits per heavy atom. The van der Waals surface area contributed by atoms with E-state index in [1.165, 1.54) is 6.07 Å². The van der Waals surface area contributed by atoms with Crippen LogP contribution in [-0.4, -0.2) is 12.5 Å². The van der Waals surface area contributed by atoms with Crippen LogP contribution in [0.4, 0.5) is 18.9 Å². The van der Waals surface area contributed by atoms with Crippen molar-refractivity contribution in [2.45, 2.75) is 25.9 Å². The van der Waals surface area contributed by atoms with Crippen molar-refractivity contribution in [3.8, 4) is 0 Å². The van der Waals surface area contributed by atoms with E-state index in [1.807, 2.05) is 0 Å². The smallest absolute Gasteiger partial charge is 0.330 e. The van der Waals surface area contributed by atoms with Crippen molar-refractivity contribution in [3.63, 3.8) is 0 Å². The molecule has 0 radical (unpaired) electrons. The average Bonchev–Trinajstić information content (AvgIpc) is 2.36. The molecule has 0 fully saturated rings. The van der Waals surface area contributed by atoms with Gasteiger partial charge < -0.3 is 11.1 Å². The number of halogens is 4. The van der Waals surface area contributed by atoms with Crippen LogP contribution in [0.2, 0.25) is 5.02 Å². The van der Waals surface area contributed by atoms with Gasteiger partial charge in [-0.1, -0.05) is 18.5 Å². The second kappa shape index (κ2) is 6.95. The molecular weight excluding hydrogens is 293 g/mol. The maximum absolute atomic E-state index is 12.7. The molecular formula is C13H16ClF3N2O. The maximum atomic E-state index is 12.7. The van der Waals surface area contributed by atoms with Crippen molar-refractivity contribution in [1.29, 1.82) is 0 Å². The lowest BCUT2D eigenvalue weighted by molar-refractivity contribution is -0.137. The first-order valence-corrected chi connectivity index (χ1v) is 6.51. The van der Waals surface area contributed by atoms with Crippen molar-refractivity contribution >= 4 is 23.2 Å². The minimum atomic E-state index is -4.55. The molecule has 0 aliphatic rings. The SMILES string of the molecule is CC(CCCN)C(=O)Nc1ccc(Cl)c(C(F)(F)F)c1. The number of carbonyl (C=O) groups excluding carboxylic acids is 1. The monoisotopic (exact) mass is 308 g/mol. The molecule has 112 valence electrons. The van der Waals surface area contributed by atoms with E-state index in [4.69, 9.17) is 17.3 Å². The molecule has 3 nitrogen and oxygen atoms in total. The summed E-state index contributed by atoms with van der Waals surface area (Å²) in [6.07, 6.45) is -3.28. The van der Waals surface area contributed by atoms with E-state index >= 15 is 0 Å². The van der Waals surface area contributed by atoms with E-state index < -0.39 is 16.8 Å². The fourth-order valence-corrected chi connectivity index (χ4v) is 1.87. The van der Waals surface area contributed by atoms with E-state index in [1.54, 1.807) is 6.92 Å². The molecule has 0 bridgehead atoms. The summed E-state index contributed by atoms with van der Waals surface area (Å²) in [5.41, 5.74) is 4.45. The van der Waals surface area contributed by atoms with Gasteiger partial charge in [-0.3, -0.25) is 4.79 Å². The molecule has 7 heteroatoms. The van der Waals surface area contributed by atoms with Gasteiger partial charge in [0.05, 0.1) is 10.6 Å². The number of nitrogens with one attached hydrogen (secondary N) is 1. The zero-order chi connectivity index (χ0) is 15.3. The zero-order valence-electron chi connectivity index (χ0n) is 10.9. The topological polar surface area (TPSA) is 55.1 Å². The summed E-state index contributed by atoms with van der Waals surface area (Å²) in [6, 6.07) is 3.28. The van der Waals surface area contributed by atoms with Crippen molar-refractivity contribution < 1.29 is 18.0 Å². The van der Waals surface area contributed by atoms with E-state index in [-0.39, 0.29) is 17.5 Å². The average molecular weight is 309 g/mol. The number of amides is 1. The predicted molar refractivity (Wildman–Crippen MR) is 72.5 cm³/mol. The normalized spacial score (nSPS) is 13.1. The van der Waals surface area contributed by atoms with Crippen LogP contribution in [0.25, 0.3) is 0 Å². The second-order valence-corrected chi connectivity index (χ2v) is 4.92. The van der Waals surface area contributed by atoms with Crippen LogP contribution in [0.5, 0.6) is 0 Å². The van der Waals surface area contributed by atoms with Crippen LogP contribution in [0, 0.1) is 5.92 Å². The molecule has 1 aromatic rings. The van der Waals surface area contributed by atoms with Crippen molar-refractivity contribution in [2.75, 3.05) is 11.9 Å². The van der Waals surface area contributed by atoms with Crippen LogP contribution in [0.1, 0.15) is 25.3 Å². The number of hydrogen-bond donors (Lipinski definition) is 2. The molecule has 0 spiro atoms. The molecule has 0 saturated heterocycles. The Morgan fingerprint density at radius 2 is 2.10 bits per heavy atom. The summed E-state index contributed by atoms with van der Waals surface area (Å²) < 4.78 is 38.0. The van der Waals surface area contributed by atoms with Gasteiger partial charge in [0.15, 0.2) is 0 Å². The highest BCUT2D eigenvalue weighted by atomic mass is 35.5. The predicted octanol–water partition coefficient (Wildman–Crippen LogP) is 3.67. The Balaban J connectivity index is 2.81. The van der Waals surface area contributed by atoms with Crippen molar-refractivity contribution in [2.24, 2.45) is 11.7 Å². The van der Waals surface area contributed by atoms with Gasteiger partial charge in [-0.15, -0.1) is 0 Å². The standard InChI is InChI=1S/C13H16ClF3N2O/c1-8(3-2-6-18)12(20)19-9-4-5-11(14)10(7-9)13(15,16)17/h4-5,7-8H,2-3,6,18H2,1H3,(H,19,20). The first-order chi connectivity index (χ1) is 9.25. The quantitative estimate of drug-likeness (QED) is 0.872. The summed E-state index contributed by atoms with van der Waals surface area (Å²) in [4.78, 5) is 11.8. The molecule has 1 amide bonds. The summed E-state index contributed by atoms with van der Waals surface area (Å²) in [6.45, 7) is 2.17. The third-order valence-corrected chi connectivity index (χ3v) is 3.16. The van der Waals surface area contributed by atoms with Crippen LogP contribution in [0.3, 0.4) is 0 Å². The van der Waals surface area contributed by atoms with Crippen molar-refractivity contribution in [3.05, 3.63) is 28.8 Å². The number of benzene rings is 1. The number of carbonyl (C=O) groups is 1. The molecule has 0 aliphatic heterocycles. The number of nitrogens with two attached hydrogens (primary N) is 1. The number of rotatable bonds is 5. The minimum absolute atomic E-state index is 0.0753. The highest BCUT2D eigenvalue weighted by molar-refractivity contribution is 6.31. The highest BCUT2D eigenvalue weighted by Gasteiger charge is 2.33. The molecule has 1 aromatic carbocycles. The molecule has 3 N–H and O–H groups in total. The van der Waals surface area contributed by atoms with Crippen LogP contribution >= 0.6 is 11.6 Å². The van der Waals surface area contributed by atoms with Gasteiger partial charge in [0.25, 0.3) is 0 Å². The van der Waals surface area contributed by atoms with Gasteiger partial charge >= 0.3 is 6.18 Å². The largest absolute Gasteiger partial charge is 0.417 e. The van der Waals surface area contributed by atoms with Crippen LogP contribution < -0.4 is 11.1 Å². The molecule has 1 rings (SSSR count). The fourth-order valence-electron chi connectivity index (χ4n) is 1.64. The summed E-state index contributed by atoms with van der Waals surface area (Å²) in [5.74, 6) is -0.655. The first kappa shape index (κ1) is 16.8. The molecule has 0 aliphatic carbocycles. The molecule has 1 unspecified atom stereocenters. The summed E-state index contributed by atoms with van der Waals surface area (Å²) in [5, 5.41) is 2.06. The number of hydrogen-bond acceptors (Lipinski definition) is 2. The summed E-state index contributed by atoms with van der Waals surface area (Å²) in [7, 11) is 0. The molecule has 0 saturated carbocycles. The highest BCUT2D eigenvalue weighted by Crippen LogP contribution is 2.36. The van der Waals surface area contributed by atoms with Gasteiger partial charge in [-0.25, -0.2) is 0 Å². The van der Waals surface area contributed by atoms with E-state index in [9.17, 15) is 18.0 Å². The fraction of sp³-hybridized carbons (Fsp3) is 0.462.